The van der Waals surface area contributed by atoms with E-state index in [0.717, 1.165) is 17.5 Å². The molecule has 0 fully saturated rings. The minimum atomic E-state index is -1.19. The SMILES string of the molecule is CCc1cccc2c(=O)c(C(=O)O)cn(C)c12. The summed E-state index contributed by atoms with van der Waals surface area (Å²) in [7, 11) is 1.76. The van der Waals surface area contributed by atoms with Crippen molar-refractivity contribution >= 4 is 16.9 Å². The Bertz CT molecular complexity index is 655. The van der Waals surface area contributed by atoms with Gasteiger partial charge < -0.3 is 9.67 Å². The molecule has 0 unspecified atom stereocenters. The molecule has 2 aromatic rings. The molecule has 2 rings (SSSR count). The van der Waals surface area contributed by atoms with Crippen LogP contribution in [-0.4, -0.2) is 15.6 Å². The fourth-order valence-corrected chi connectivity index (χ4v) is 2.09. The van der Waals surface area contributed by atoms with Crippen molar-refractivity contribution < 1.29 is 9.90 Å². The number of para-hydroxylation sites is 1. The molecule has 0 aliphatic heterocycles. The van der Waals surface area contributed by atoms with Crippen molar-refractivity contribution in [3.05, 3.63) is 45.7 Å². The summed E-state index contributed by atoms with van der Waals surface area (Å²) in [5.74, 6) is -1.19. The van der Waals surface area contributed by atoms with Gasteiger partial charge in [-0.3, -0.25) is 4.79 Å². The Morgan fingerprint density at radius 1 is 1.41 bits per heavy atom. The number of carboxylic acids is 1. The van der Waals surface area contributed by atoms with Crippen molar-refractivity contribution in [2.75, 3.05) is 0 Å². The van der Waals surface area contributed by atoms with Gasteiger partial charge in [0.1, 0.15) is 5.56 Å². The smallest absolute Gasteiger partial charge is 0.341 e. The minimum absolute atomic E-state index is 0.187. The fourth-order valence-electron chi connectivity index (χ4n) is 2.09. The number of rotatable bonds is 2. The first-order valence-electron chi connectivity index (χ1n) is 5.40. The molecule has 0 spiro atoms. The first kappa shape index (κ1) is 11.4. The molecule has 0 aliphatic carbocycles. The van der Waals surface area contributed by atoms with Crippen molar-refractivity contribution in [2.24, 2.45) is 7.05 Å². The lowest BCUT2D eigenvalue weighted by Gasteiger charge is -2.10. The van der Waals surface area contributed by atoms with Gasteiger partial charge in [-0.15, -0.1) is 0 Å². The van der Waals surface area contributed by atoms with Gasteiger partial charge in [-0.05, 0) is 18.1 Å². The highest BCUT2D eigenvalue weighted by Gasteiger charge is 2.14. The standard InChI is InChI=1S/C13H13NO3/c1-3-8-5-4-6-9-11(8)14(2)7-10(12(9)15)13(16)17/h4-7H,3H2,1-2H3,(H,16,17). The molecule has 0 saturated carbocycles. The second kappa shape index (κ2) is 4.05. The van der Waals surface area contributed by atoms with E-state index in [1.165, 1.54) is 6.20 Å². The lowest BCUT2D eigenvalue weighted by Crippen LogP contribution is -2.18. The van der Waals surface area contributed by atoms with Gasteiger partial charge in [-0.2, -0.15) is 0 Å². The van der Waals surface area contributed by atoms with Crippen LogP contribution in [0.3, 0.4) is 0 Å². The summed E-state index contributed by atoms with van der Waals surface area (Å²) < 4.78 is 1.71. The predicted octanol–water partition coefficient (Wildman–Crippen LogP) is 1.80. The summed E-state index contributed by atoms with van der Waals surface area (Å²) in [6, 6.07) is 5.40. The monoisotopic (exact) mass is 231 g/mol. The Labute approximate surface area is 98.1 Å². The zero-order valence-corrected chi connectivity index (χ0v) is 9.73. The highest BCUT2D eigenvalue weighted by molar-refractivity contribution is 5.93. The maximum Gasteiger partial charge on any atom is 0.341 e. The lowest BCUT2D eigenvalue weighted by molar-refractivity contribution is 0.0695. The number of aromatic carboxylic acids is 1. The molecular weight excluding hydrogens is 218 g/mol. The molecule has 0 amide bonds. The van der Waals surface area contributed by atoms with Crippen molar-refractivity contribution in [3.63, 3.8) is 0 Å². The third-order valence-electron chi connectivity index (χ3n) is 2.90. The summed E-state index contributed by atoms with van der Waals surface area (Å²) in [6.45, 7) is 2.00. The van der Waals surface area contributed by atoms with Crippen LogP contribution in [0.2, 0.25) is 0 Å². The van der Waals surface area contributed by atoms with E-state index in [0.29, 0.717) is 5.39 Å². The van der Waals surface area contributed by atoms with Crippen LogP contribution in [0, 0.1) is 0 Å². The molecule has 88 valence electrons. The van der Waals surface area contributed by atoms with Gasteiger partial charge >= 0.3 is 5.97 Å². The van der Waals surface area contributed by atoms with Crippen molar-refractivity contribution in [1.82, 2.24) is 4.57 Å². The van der Waals surface area contributed by atoms with Gasteiger partial charge in [0.15, 0.2) is 0 Å². The van der Waals surface area contributed by atoms with Gasteiger partial charge in [0, 0.05) is 18.6 Å². The van der Waals surface area contributed by atoms with E-state index in [-0.39, 0.29) is 5.56 Å². The Morgan fingerprint density at radius 3 is 2.71 bits per heavy atom. The maximum absolute atomic E-state index is 12.0. The summed E-state index contributed by atoms with van der Waals surface area (Å²) >= 11 is 0. The summed E-state index contributed by atoms with van der Waals surface area (Å²) in [6.07, 6.45) is 2.18. The average Bonchev–Trinajstić information content (AvgIpc) is 2.32. The number of carbonyl (C=O) groups is 1. The van der Waals surface area contributed by atoms with Crippen LogP contribution < -0.4 is 5.43 Å². The first-order chi connectivity index (χ1) is 8.06. The van der Waals surface area contributed by atoms with E-state index < -0.39 is 11.4 Å². The molecule has 0 radical (unpaired) electrons. The first-order valence-corrected chi connectivity index (χ1v) is 5.40. The molecule has 1 N–H and O–H groups in total. The van der Waals surface area contributed by atoms with Crippen LogP contribution in [0.1, 0.15) is 22.8 Å². The van der Waals surface area contributed by atoms with Crippen LogP contribution >= 0.6 is 0 Å². The summed E-state index contributed by atoms with van der Waals surface area (Å²) in [5, 5.41) is 9.43. The number of nitrogens with zero attached hydrogens (tertiary/aromatic N) is 1. The largest absolute Gasteiger partial charge is 0.477 e. The van der Waals surface area contributed by atoms with Gasteiger partial charge in [-0.25, -0.2) is 4.79 Å². The van der Waals surface area contributed by atoms with Crippen LogP contribution in [0.25, 0.3) is 10.9 Å². The molecule has 0 aliphatic rings. The Hall–Kier alpha value is -2.10. The number of carboxylic acid groups (broad SMARTS) is 1. The zero-order chi connectivity index (χ0) is 12.6. The van der Waals surface area contributed by atoms with Crippen LogP contribution in [0.5, 0.6) is 0 Å². The summed E-state index contributed by atoms with van der Waals surface area (Å²) in [4.78, 5) is 23.0. The highest BCUT2D eigenvalue weighted by atomic mass is 16.4. The van der Waals surface area contributed by atoms with Gasteiger partial charge in [0.25, 0.3) is 0 Å². The molecular formula is C13H13NO3. The van der Waals surface area contributed by atoms with E-state index >= 15 is 0 Å². The van der Waals surface area contributed by atoms with Crippen molar-refractivity contribution in [3.8, 4) is 0 Å². The minimum Gasteiger partial charge on any atom is -0.477 e. The third-order valence-corrected chi connectivity index (χ3v) is 2.90. The van der Waals surface area contributed by atoms with E-state index in [9.17, 15) is 9.59 Å². The number of pyridine rings is 1. The average molecular weight is 231 g/mol. The van der Waals surface area contributed by atoms with Crippen LogP contribution in [-0.2, 0) is 13.5 Å². The third kappa shape index (κ3) is 1.71. The zero-order valence-electron chi connectivity index (χ0n) is 9.73. The molecule has 1 heterocycles. The Kier molecular flexibility index (Phi) is 2.71. The maximum atomic E-state index is 12.0. The topological polar surface area (TPSA) is 59.3 Å². The molecule has 4 nitrogen and oxygen atoms in total. The Balaban J connectivity index is 2.97. The predicted molar refractivity (Wildman–Crippen MR) is 65.5 cm³/mol. The number of aryl methyl sites for hydroxylation is 2. The van der Waals surface area contributed by atoms with Crippen molar-refractivity contribution in [1.29, 1.82) is 0 Å². The second-order valence-corrected chi connectivity index (χ2v) is 3.95. The normalized spacial score (nSPS) is 10.7. The molecule has 0 saturated heterocycles. The van der Waals surface area contributed by atoms with E-state index in [2.05, 4.69) is 0 Å². The van der Waals surface area contributed by atoms with E-state index in [4.69, 9.17) is 5.11 Å². The number of hydrogen-bond donors (Lipinski definition) is 1. The molecule has 0 atom stereocenters. The highest BCUT2D eigenvalue weighted by Crippen LogP contribution is 2.16. The second-order valence-electron chi connectivity index (χ2n) is 3.95. The van der Waals surface area contributed by atoms with Gasteiger partial charge in [-0.1, -0.05) is 19.1 Å². The molecule has 17 heavy (non-hydrogen) atoms. The van der Waals surface area contributed by atoms with E-state index in [1.54, 1.807) is 23.7 Å². The fraction of sp³-hybridized carbons (Fsp3) is 0.231. The van der Waals surface area contributed by atoms with Gasteiger partial charge in [0.05, 0.1) is 5.52 Å². The quantitative estimate of drug-likeness (QED) is 0.857. The summed E-state index contributed by atoms with van der Waals surface area (Å²) in [5.41, 5.74) is 1.25. The Morgan fingerprint density at radius 2 is 2.12 bits per heavy atom. The van der Waals surface area contributed by atoms with Gasteiger partial charge in [0.2, 0.25) is 5.43 Å². The molecule has 1 aromatic heterocycles. The number of fused-ring (bicyclic) bond motifs is 1. The molecule has 4 heteroatoms. The van der Waals surface area contributed by atoms with E-state index in [1.807, 2.05) is 13.0 Å². The molecule has 1 aromatic carbocycles. The number of aromatic nitrogens is 1. The number of hydrogen-bond acceptors (Lipinski definition) is 2. The van der Waals surface area contributed by atoms with Crippen LogP contribution in [0.15, 0.2) is 29.2 Å². The number of benzene rings is 1. The lowest BCUT2D eigenvalue weighted by atomic mass is 10.1. The van der Waals surface area contributed by atoms with Crippen LogP contribution in [0.4, 0.5) is 0 Å². The molecule has 0 bridgehead atoms. The van der Waals surface area contributed by atoms with Crippen molar-refractivity contribution in [2.45, 2.75) is 13.3 Å².